The highest BCUT2D eigenvalue weighted by Crippen LogP contribution is 2.06. The molecular formula is C14H20N4. The molecule has 2 aromatic rings. The topological polar surface area (TPSA) is 32.6 Å². The maximum atomic E-state index is 4.57. The smallest absolute Gasteiger partial charge is 0.137 e. The first-order valence-electron chi connectivity index (χ1n) is 6.77. The Labute approximate surface area is 108 Å². The van der Waals surface area contributed by atoms with E-state index in [4.69, 9.17) is 0 Å². The van der Waals surface area contributed by atoms with Crippen molar-refractivity contribution in [1.82, 2.24) is 19.6 Å². The molecule has 0 radical (unpaired) electrons. The van der Waals surface area contributed by atoms with Crippen molar-refractivity contribution in [3.05, 3.63) is 36.3 Å². The summed E-state index contributed by atoms with van der Waals surface area (Å²) in [6, 6.07) is 6.08. The number of nitrogens with zero attached hydrogens (tertiary/aromatic N) is 3. The van der Waals surface area contributed by atoms with E-state index in [-0.39, 0.29) is 0 Å². The summed E-state index contributed by atoms with van der Waals surface area (Å²) in [5, 5.41) is 3.47. The van der Waals surface area contributed by atoms with E-state index in [2.05, 4.69) is 25.8 Å². The second kappa shape index (κ2) is 5.50. The molecule has 0 aromatic carbocycles. The van der Waals surface area contributed by atoms with E-state index >= 15 is 0 Å². The standard InChI is InChI=1S/C14H20N4/c1-2-9-18-12-13(16-14(18)5-1)11-15-6-10-17-7-3-4-8-17/h1-2,5,9,12,15H,3-4,6-8,10-11H2. The van der Waals surface area contributed by atoms with Gasteiger partial charge in [-0.1, -0.05) is 6.07 Å². The highest BCUT2D eigenvalue weighted by atomic mass is 15.1. The van der Waals surface area contributed by atoms with Gasteiger partial charge in [-0.2, -0.15) is 0 Å². The fraction of sp³-hybridized carbons (Fsp3) is 0.500. The Hall–Kier alpha value is -1.39. The molecule has 0 unspecified atom stereocenters. The van der Waals surface area contributed by atoms with Crippen LogP contribution < -0.4 is 5.32 Å². The second-order valence-corrected chi connectivity index (χ2v) is 4.92. The molecule has 0 amide bonds. The van der Waals surface area contributed by atoms with Crippen molar-refractivity contribution >= 4 is 5.65 Å². The van der Waals surface area contributed by atoms with Crippen LogP contribution in [0.5, 0.6) is 0 Å². The Morgan fingerprint density at radius 2 is 2.11 bits per heavy atom. The number of fused-ring (bicyclic) bond motifs is 1. The number of rotatable bonds is 5. The number of imidazole rings is 1. The lowest BCUT2D eigenvalue weighted by Crippen LogP contribution is -2.29. The second-order valence-electron chi connectivity index (χ2n) is 4.92. The summed E-state index contributed by atoms with van der Waals surface area (Å²) < 4.78 is 2.07. The molecule has 18 heavy (non-hydrogen) atoms. The van der Waals surface area contributed by atoms with Gasteiger partial charge in [-0.25, -0.2) is 4.98 Å². The van der Waals surface area contributed by atoms with Gasteiger partial charge in [0.25, 0.3) is 0 Å². The molecule has 1 N–H and O–H groups in total. The highest BCUT2D eigenvalue weighted by molar-refractivity contribution is 5.39. The Balaban J connectivity index is 1.47. The Kier molecular flexibility index (Phi) is 3.57. The minimum Gasteiger partial charge on any atom is -0.310 e. The summed E-state index contributed by atoms with van der Waals surface area (Å²) in [4.78, 5) is 7.09. The number of hydrogen-bond acceptors (Lipinski definition) is 3. The molecule has 1 saturated heterocycles. The quantitative estimate of drug-likeness (QED) is 0.809. The molecule has 1 aliphatic heterocycles. The van der Waals surface area contributed by atoms with Gasteiger partial charge in [0.1, 0.15) is 5.65 Å². The van der Waals surface area contributed by atoms with E-state index in [9.17, 15) is 0 Å². The summed E-state index contributed by atoms with van der Waals surface area (Å²) in [5.41, 5.74) is 2.14. The number of hydrogen-bond donors (Lipinski definition) is 1. The average molecular weight is 244 g/mol. The predicted molar refractivity (Wildman–Crippen MR) is 72.6 cm³/mol. The fourth-order valence-corrected chi connectivity index (χ4v) is 2.53. The molecule has 0 aliphatic carbocycles. The molecule has 3 rings (SSSR count). The van der Waals surface area contributed by atoms with Gasteiger partial charge in [-0.3, -0.25) is 0 Å². The van der Waals surface area contributed by atoms with Crippen molar-refractivity contribution in [3.8, 4) is 0 Å². The van der Waals surface area contributed by atoms with Gasteiger partial charge in [-0.15, -0.1) is 0 Å². The zero-order valence-corrected chi connectivity index (χ0v) is 10.7. The van der Waals surface area contributed by atoms with Gasteiger partial charge < -0.3 is 14.6 Å². The van der Waals surface area contributed by atoms with E-state index < -0.39 is 0 Å². The van der Waals surface area contributed by atoms with Crippen molar-refractivity contribution in [2.24, 2.45) is 0 Å². The molecule has 0 spiro atoms. The third-order valence-electron chi connectivity index (χ3n) is 3.52. The number of aromatic nitrogens is 2. The molecule has 0 bridgehead atoms. The van der Waals surface area contributed by atoms with E-state index in [1.165, 1.54) is 25.9 Å². The van der Waals surface area contributed by atoms with E-state index in [1.54, 1.807) is 0 Å². The van der Waals surface area contributed by atoms with Crippen LogP contribution in [0.3, 0.4) is 0 Å². The molecule has 1 aliphatic rings. The monoisotopic (exact) mass is 244 g/mol. The molecule has 0 saturated carbocycles. The van der Waals surface area contributed by atoms with Crippen LogP contribution >= 0.6 is 0 Å². The van der Waals surface area contributed by atoms with E-state index in [0.29, 0.717) is 0 Å². The van der Waals surface area contributed by atoms with Crippen LogP contribution in [0.4, 0.5) is 0 Å². The van der Waals surface area contributed by atoms with Gasteiger partial charge in [-0.05, 0) is 38.1 Å². The van der Waals surface area contributed by atoms with Crippen molar-refractivity contribution in [2.75, 3.05) is 26.2 Å². The Morgan fingerprint density at radius 3 is 2.94 bits per heavy atom. The molecule has 4 heteroatoms. The van der Waals surface area contributed by atoms with Crippen LogP contribution in [0, 0.1) is 0 Å². The highest BCUT2D eigenvalue weighted by Gasteiger charge is 2.10. The van der Waals surface area contributed by atoms with Crippen molar-refractivity contribution in [2.45, 2.75) is 19.4 Å². The summed E-state index contributed by atoms with van der Waals surface area (Å²) in [5.74, 6) is 0. The zero-order chi connectivity index (χ0) is 12.2. The average Bonchev–Trinajstić information content (AvgIpc) is 3.03. The molecule has 2 aromatic heterocycles. The third-order valence-corrected chi connectivity index (χ3v) is 3.52. The number of pyridine rings is 1. The van der Waals surface area contributed by atoms with Crippen LogP contribution in [0.25, 0.3) is 5.65 Å². The van der Waals surface area contributed by atoms with Crippen molar-refractivity contribution in [1.29, 1.82) is 0 Å². The molecule has 4 nitrogen and oxygen atoms in total. The van der Waals surface area contributed by atoms with Gasteiger partial charge in [0.05, 0.1) is 5.69 Å². The van der Waals surface area contributed by atoms with Gasteiger partial charge in [0, 0.05) is 32.0 Å². The molecule has 1 fully saturated rings. The van der Waals surface area contributed by atoms with Gasteiger partial charge in [0.2, 0.25) is 0 Å². The molecule has 0 atom stereocenters. The number of nitrogens with one attached hydrogen (secondary N) is 1. The van der Waals surface area contributed by atoms with Crippen LogP contribution in [0.1, 0.15) is 18.5 Å². The summed E-state index contributed by atoms with van der Waals surface area (Å²) in [6.45, 7) is 5.61. The fourth-order valence-electron chi connectivity index (χ4n) is 2.53. The lowest BCUT2D eigenvalue weighted by atomic mass is 10.4. The lowest BCUT2D eigenvalue weighted by Gasteiger charge is -2.14. The minimum absolute atomic E-state index is 0.857. The largest absolute Gasteiger partial charge is 0.310 e. The maximum absolute atomic E-state index is 4.57. The minimum atomic E-state index is 0.857. The van der Waals surface area contributed by atoms with Crippen LogP contribution in [0.2, 0.25) is 0 Å². The van der Waals surface area contributed by atoms with Crippen molar-refractivity contribution in [3.63, 3.8) is 0 Å². The van der Waals surface area contributed by atoms with Crippen LogP contribution in [-0.4, -0.2) is 40.5 Å². The number of likely N-dealkylation sites (tertiary alicyclic amines) is 1. The first kappa shape index (κ1) is 11.7. The SMILES string of the molecule is c1ccn2cc(CNCCN3CCCC3)nc2c1. The van der Waals surface area contributed by atoms with E-state index in [0.717, 1.165) is 31.0 Å². The molecule has 3 heterocycles. The van der Waals surface area contributed by atoms with Gasteiger partial charge >= 0.3 is 0 Å². The summed E-state index contributed by atoms with van der Waals surface area (Å²) in [7, 11) is 0. The Morgan fingerprint density at radius 1 is 1.22 bits per heavy atom. The zero-order valence-electron chi connectivity index (χ0n) is 10.7. The normalized spacial score (nSPS) is 16.7. The lowest BCUT2D eigenvalue weighted by molar-refractivity contribution is 0.335. The van der Waals surface area contributed by atoms with Crippen LogP contribution in [-0.2, 0) is 6.54 Å². The van der Waals surface area contributed by atoms with E-state index in [1.807, 2.05) is 24.4 Å². The van der Waals surface area contributed by atoms with Gasteiger partial charge in [0.15, 0.2) is 0 Å². The summed E-state index contributed by atoms with van der Waals surface area (Å²) in [6.07, 6.45) is 6.87. The molecular weight excluding hydrogens is 224 g/mol. The van der Waals surface area contributed by atoms with Crippen molar-refractivity contribution < 1.29 is 0 Å². The Bertz CT molecular complexity index is 466. The summed E-state index contributed by atoms with van der Waals surface area (Å²) >= 11 is 0. The predicted octanol–water partition coefficient (Wildman–Crippen LogP) is 1.52. The first-order valence-corrected chi connectivity index (χ1v) is 6.77. The first-order chi connectivity index (χ1) is 8.92. The maximum Gasteiger partial charge on any atom is 0.137 e. The third kappa shape index (κ3) is 2.71. The van der Waals surface area contributed by atoms with Crippen LogP contribution in [0.15, 0.2) is 30.6 Å². The molecule has 96 valence electrons.